The predicted octanol–water partition coefficient (Wildman–Crippen LogP) is 3.28. The van der Waals surface area contributed by atoms with Crippen molar-refractivity contribution in [2.45, 2.75) is 20.4 Å². The van der Waals surface area contributed by atoms with Gasteiger partial charge in [-0.05, 0) is 38.1 Å². The third-order valence-electron chi connectivity index (χ3n) is 3.45. The molecule has 1 aromatic heterocycles. The molecule has 23 heavy (non-hydrogen) atoms. The van der Waals surface area contributed by atoms with Crippen LogP contribution in [0.3, 0.4) is 0 Å². The lowest BCUT2D eigenvalue weighted by atomic mass is 10.1. The molecule has 0 bridgehead atoms. The molecular weight excluding hydrogens is 290 g/mol. The van der Waals surface area contributed by atoms with E-state index in [0.29, 0.717) is 17.3 Å². The molecule has 5 heteroatoms. The highest BCUT2D eigenvalue weighted by Gasteiger charge is 2.11. The zero-order valence-corrected chi connectivity index (χ0v) is 13.0. The third-order valence-corrected chi connectivity index (χ3v) is 3.45. The standard InChI is InChI=1S/C18H17N3O2/c1-12-6-8-14(9-7-12)17(22)19-11-16-20-18(23-21-16)15-5-3-4-13(2)10-15/h3-10H,11H2,1-2H3,(H,19,22). The molecule has 0 radical (unpaired) electrons. The normalized spacial score (nSPS) is 10.5. The van der Waals surface area contributed by atoms with E-state index in [1.54, 1.807) is 12.1 Å². The molecule has 0 saturated heterocycles. The molecule has 2 aromatic carbocycles. The van der Waals surface area contributed by atoms with Crippen molar-refractivity contribution < 1.29 is 9.32 Å². The SMILES string of the molecule is Cc1ccc(C(=O)NCc2noc(-c3cccc(C)c3)n2)cc1. The lowest BCUT2D eigenvalue weighted by molar-refractivity contribution is 0.0949. The van der Waals surface area contributed by atoms with Crippen LogP contribution in [0.15, 0.2) is 53.1 Å². The van der Waals surface area contributed by atoms with E-state index in [1.165, 1.54) is 0 Å². The summed E-state index contributed by atoms with van der Waals surface area (Å²) in [4.78, 5) is 16.4. The van der Waals surface area contributed by atoms with E-state index in [1.807, 2.05) is 50.2 Å². The van der Waals surface area contributed by atoms with E-state index < -0.39 is 0 Å². The van der Waals surface area contributed by atoms with Crippen LogP contribution in [0, 0.1) is 13.8 Å². The van der Waals surface area contributed by atoms with Gasteiger partial charge in [0.05, 0.1) is 6.54 Å². The maximum absolute atomic E-state index is 12.1. The van der Waals surface area contributed by atoms with Crippen molar-refractivity contribution in [3.8, 4) is 11.5 Å². The molecule has 3 rings (SSSR count). The van der Waals surface area contributed by atoms with Gasteiger partial charge in [-0.1, -0.05) is 40.5 Å². The second-order valence-electron chi connectivity index (χ2n) is 5.43. The Bertz CT molecular complexity index is 822. The summed E-state index contributed by atoms with van der Waals surface area (Å²) >= 11 is 0. The van der Waals surface area contributed by atoms with Crippen molar-refractivity contribution in [1.29, 1.82) is 0 Å². The number of nitrogens with one attached hydrogen (secondary N) is 1. The van der Waals surface area contributed by atoms with Crippen LogP contribution >= 0.6 is 0 Å². The minimum absolute atomic E-state index is 0.160. The molecule has 1 N–H and O–H groups in total. The number of aromatic nitrogens is 2. The first-order chi connectivity index (χ1) is 11.1. The Morgan fingerprint density at radius 1 is 1.09 bits per heavy atom. The molecule has 5 nitrogen and oxygen atoms in total. The fraction of sp³-hybridized carbons (Fsp3) is 0.167. The summed E-state index contributed by atoms with van der Waals surface area (Å²) in [6.45, 7) is 4.21. The Labute approximate surface area is 134 Å². The smallest absolute Gasteiger partial charge is 0.257 e. The van der Waals surface area contributed by atoms with Crippen molar-refractivity contribution in [2.24, 2.45) is 0 Å². The van der Waals surface area contributed by atoms with Crippen LogP contribution in [0.5, 0.6) is 0 Å². The van der Waals surface area contributed by atoms with Crippen LogP contribution in [0.1, 0.15) is 27.3 Å². The second kappa shape index (κ2) is 6.44. The molecule has 3 aromatic rings. The summed E-state index contributed by atoms with van der Waals surface area (Å²) in [5.74, 6) is 0.738. The minimum Gasteiger partial charge on any atom is -0.345 e. The number of rotatable bonds is 4. The van der Waals surface area contributed by atoms with Gasteiger partial charge in [0, 0.05) is 11.1 Å². The Morgan fingerprint density at radius 3 is 2.61 bits per heavy atom. The van der Waals surface area contributed by atoms with E-state index >= 15 is 0 Å². The summed E-state index contributed by atoms with van der Waals surface area (Å²) in [5, 5.41) is 6.69. The van der Waals surface area contributed by atoms with Gasteiger partial charge in [-0.15, -0.1) is 0 Å². The second-order valence-corrected chi connectivity index (χ2v) is 5.43. The zero-order chi connectivity index (χ0) is 16.2. The van der Waals surface area contributed by atoms with Crippen LogP contribution < -0.4 is 5.32 Å². The molecule has 0 unspecified atom stereocenters. The number of carbonyl (C=O) groups is 1. The Balaban J connectivity index is 1.65. The maximum Gasteiger partial charge on any atom is 0.257 e. The number of hydrogen-bond acceptors (Lipinski definition) is 4. The highest BCUT2D eigenvalue weighted by Crippen LogP contribution is 2.18. The lowest BCUT2D eigenvalue weighted by Gasteiger charge is -2.02. The molecule has 116 valence electrons. The molecular formula is C18H17N3O2. The van der Waals surface area contributed by atoms with Crippen molar-refractivity contribution >= 4 is 5.91 Å². The van der Waals surface area contributed by atoms with E-state index in [0.717, 1.165) is 16.7 Å². The average molecular weight is 307 g/mol. The summed E-state index contributed by atoms with van der Waals surface area (Å²) in [6.07, 6.45) is 0. The molecule has 0 spiro atoms. The van der Waals surface area contributed by atoms with E-state index in [4.69, 9.17) is 4.52 Å². The molecule has 0 aliphatic heterocycles. The molecule has 1 heterocycles. The van der Waals surface area contributed by atoms with Gasteiger partial charge in [0.2, 0.25) is 0 Å². The quantitative estimate of drug-likeness (QED) is 0.803. The van der Waals surface area contributed by atoms with Crippen LogP contribution in [0.4, 0.5) is 0 Å². The van der Waals surface area contributed by atoms with Gasteiger partial charge in [0.15, 0.2) is 5.82 Å². The number of hydrogen-bond donors (Lipinski definition) is 1. The fourth-order valence-corrected chi connectivity index (χ4v) is 2.19. The van der Waals surface area contributed by atoms with Crippen LogP contribution in [-0.4, -0.2) is 16.0 Å². The third kappa shape index (κ3) is 3.63. The number of carbonyl (C=O) groups excluding carboxylic acids is 1. The Hall–Kier alpha value is -2.95. The molecule has 0 aliphatic carbocycles. The molecule has 0 aliphatic rings. The fourth-order valence-electron chi connectivity index (χ4n) is 2.19. The van der Waals surface area contributed by atoms with Gasteiger partial charge < -0.3 is 9.84 Å². The Morgan fingerprint density at radius 2 is 1.87 bits per heavy atom. The zero-order valence-electron chi connectivity index (χ0n) is 13.0. The average Bonchev–Trinajstić information content (AvgIpc) is 3.02. The van der Waals surface area contributed by atoms with E-state index in [2.05, 4.69) is 15.5 Å². The lowest BCUT2D eigenvalue weighted by Crippen LogP contribution is -2.23. The highest BCUT2D eigenvalue weighted by molar-refractivity contribution is 5.94. The van der Waals surface area contributed by atoms with Crippen LogP contribution in [-0.2, 0) is 6.54 Å². The van der Waals surface area contributed by atoms with Crippen molar-refractivity contribution in [2.75, 3.05) is 0 Å². The number of nitrogens with zero attached hydrogens (tertiary/aromatic N) is 2. The van der Waals surface area contributed by atoms with Crippen molar-refractivity contribution in [3.63, 3.8) is 0 Å². The van der Waals surface area contributed by atoms with Crippen LogP contribution in [0.2, 0.25) is 0 Å². The van der Waals surface area contributed by atoms with Crippen LogP contribution in [0.25, 0.3) is 11.5 Å². The van der Waals surface area contributed by atoms with Gasteiger partial charge in [0.25, 0.3) is 11.8 Å². The Kier molecular flexibility index (Phi) is 4.19. The van der Waals surface area contributed by atoms with Gasteiger partial charge >= 0.3 is 0 Å². The van der Waals surface area contributed by atoms with Gasteiger partial charge in [-0.2, -0.15) is 4.98 Å². The van der Waals surface area contributed by atoms with E-state index in [9.17, 15) is 4.79 Å². The minimum atomic E-state index is -0.160. The topological polar surface area (TPSA) is 68.0 Å². The van der Waals surface area contributed by atoms with Gasteiger partial charge in [-0.3, -0.25) is 4.79 Å². The largest absolute Gasteiger partial charge is 0.345 e. The summed E-state index contributed by atoms with van der Waals surface area (Å²) in [7, 11) is 0. The first-order valence-corrected chi connectivity index (χ1v) is 7.36. The summed E-state index contributed by atoms with van der Waals surface area (Å²) in [5.41, 5.74) is 3.71. The highest BCUT2D eigenvalue weighted by atomic mass is 16.5. The first kappa shape index (κ1) is 15.0. The maximum atomic E-state index is 12.1. The molecule has 0 fully saturated rings. The number of benzene rings is 2. The summed E-state index contributed by atoms with van der Waals surface area (Å²) < 4.78 is 5.25. The first-order valence-electron chi connectivity index (χ1n) is 7.36. The van der Waals surface area contributed by atoms with Gasteiger partial charge in [0.1, 0.15) is 0 Å². The monoisotopic (exact) mass is 307 g/mol. The molecule has 0 saturated carbocycles. The van der Waals surface area contributed by atoms with Crippen molar-refractivity contribution in [3.05, 3.63) is 71.0 Å². The summed E-state index contributed by atoms with van der Waals surface area (Å²) in [6, 6.07) is 15.2. The van der Waals surface area contributed by atoms with E-state index in [-0.39, 0.29) is 12.5 Å². The predicted molar refractivity (Wildman–Crippen MR) is 86.8 cm³/mol. The number of aryl methyl sites for hydroxylation is 2. The number of amides is 1. The van der Waals surface area contributed by atoms with Gasteiger partial charge in [-0.25, -0.2) is 0 Å². The van der Waals surface area contributed by atoms with Crippen molar-refractivity contribution in [1.82, 2.24) is 15.5 Å². The molecule has 1 amide bonds. The molecule has 0 atom stereocenters.